The number of hydrogen-bond donors (Lipinski definition) is 0. The minimum Gasteiger partial charge on any atom is -0.310 e. The molecule has 0 aliphatic carbocycles. The Kier molecular flexibility index (Phi) is 12.2. The van der Waals surface area contributed by atoms with Gasteiger partial charge in [-0.05, 0) is 174 Å². The molecule has 290 valence electrons. The van der Waals surface area contributed by atoms with Crippen LogP contribution < -0.4 is 9.80 Å². The van der Waals surface area contributed by atoms with E-state index in [1.165, 1.54) is 55.6 Å². The quantitative estimate of drug-likeness (QED) is 0.115. The van der Waals surface area contributed by atoms with Gasteiger partial charge in [-0.3, -0.25) is 0 Å². The van der Waals surface area contributed by atoms with E-state index in [1.807, 2.05) is 0 Å². The molecule has 7 aromatic rings. The molecule has 0 saturated carbocycles. The van der Waals surface area contributed by atoms with Crippen molar-refractivity contribution in [3.63, 3.8) is 0 Å². The molecule has 0 amide bonds. The second kappa shape index (κ2) is 17.8. The normalized spacial score (nSPS) is 11.6. The summed E-state index contributed by atoms with van der Waals surface area (Å²) in [5.74, 6) is 0.989. The monoisotopic (exact) mass is 756 g/mol. The molecule has 0 aromatic heterocycles. The molecule has 0 aliphatic heterocycles. The van der Waals surface area contributed by atoms with Crippen molar-refractivity contribution in [2.24, 2.45) is 0 Å². The number of rotatable bonds is 12. The van der Waals surface area contributed by atoms with Crippen LogP contribution in [0, 0.1) is 27.7 Å². The maximum absolute atomic E-state index is 2.36. The highest BCUT2D eigenvalue weighted by atomic mass is 15.1. The molecule has 7 rings (SSSR count). The first-order chi connectivity index (χ1) is 28.0. The molecule has 0 N–H and O–H groups in total. The van der Waals surface area contributed by atoms with Crippen molar-refractivity contribution in [1.82, 2.24) is 0 Å². The topological polar surface area (TPSA) is 6.48 Å². The average Bonchev–Trinajstić information content (AvgIpc) is 3.21. The smallest absolute Gasteiger partial charge is 0.0464 e. The molecule has 0 bridgehead atoms. The summed E-state index contributed by atoms with van der Waals surface area (Å²) in [6.07, 6.45) is 8.90. The van der Waals surface area contributed by atoms with E-state index in [-0.39, 0.29) is 0 Å². The summed E-state index contributed by atoms with van der Waals surface area (Å²) in [7, 11) is 0. The zero-order chi connectivity index (χ0) is 40.8. The maximum atomic E-state index is 2.36. The summed E-state index contributed by atoms with van der Waals surface area (Å²) in [6.45, 7) is 17.7. The highest BCUT2D eigenvalue weighted by Gasteiger charge is 2.16. The fourth-order valence-electron chi connectivity index (χ4n) is 7.56. The van der Waals surface area contributed by atoms with Gasteiger partial charge in [0.25, 0.3) is 0 Å². The van der Waals surface area contributed by atoms with E-state index in [0.717, 1.165) is 34.1 Å². The molecular weight excluding hydrogens is 701 g/mol. The van der Waals surface area contributed by atoms with Gasteiger partial charge >= 0.3 is 0 Å². The summed E-state index contributed by atoms with van der Waals surface area (Å²) in [5, 5.41) is 0. The Morgan fingerprint density at radius 1 is 0.345 bits per heavy atom. The predicted molar refractivity (Wildman–Crippen MR) is 254 cm³/mol. The molecule has 2 heteroatoms. The van der Waals surface area contributed by atoms with Gasteiger partial charge in [0.1, 0.15) is 0 Å². The highest BCUT2D eigenvalue weighted by molar-refractivity contribution is 5.82. The van der Waals surface area contributed by atoms with Crippen molar-refractivity contribution < 1.29 is 0 Å². The van der Waals surface area contributed by atoms with Gasteiger partial charge in [0.15, 0.2) is 0 Å². The van der Waals surface area contributed by atoms with Gasteiger partial charge in [-0.15, -0.1) is 0 Å². The minimum atomic E-state index is 0.494. The first kappa shape index (κ1) is 39.8. The summed E-state index contributed by atoms with van der Waals surface area (Å²) >= 11 is 0. The Hall–Kier alpha value is -6.38. The van der Waals surface area contributed by atoms with Gasteiger partial charge in [-0.25, -0.2) is 0 Å². The molecule has 58 heavy (non-hydrogen) atoms. The Bertz CT molecular complexity index is 2380. The van der Waals surface area contributed by atoms with Crippen molar-refractivity contribution in [3.05, 3.63) is 213 Å². The van der Waals surface area contributed by atoms with E-state index < -0.39 is 0 Å². The fraction of sp³-hybridized carbons (Fsp3) is 0.179. The number of nitrogens with zero attached hydrogens (tertiary/aromatic N) is 2. The lowest BCUT2D eigenvalue weighted by atomic mass is 10.0. The van der Waals surface area contributed by atoms with Crippen LogP contribution in [0.25, 0.3) is 24.3 Å². The Labute approximate surface area is 347 Å². The first-order valence-electron chi connectivity index (χ1n) is 20.6. The Morgan fingerprint density at radius 2 is 0.707 bits per heavy atom. The van der Waals surface area contributed by atoms with E-state index >= 15 is 0 Å². The second-order valence-corrected chi connectivity index (χ2v) is 16.3. The third-order valence-electron chi connectivity index (χ3n) is 11.0. The van der Waals surface area contributed by atoms with Crippen LogP contribution in [0.15, 0.2) is 158 Å². The summed E-state index contributed by atoms with van der Waals surface area (Å²) in [5.41, 5.74) is 19.3. The predicted octanol–water partition coefficient (Wildman–Crippen LogP) is 16.4. The first-order valence-corrected chi connectivity index (χ1v) is 20.6. The summed E-state index contributed by atoms with van der Waals surface area (Å²) < 4.78 is 0. The molecule has 0 unspecified atom stereocenters. The summed E-state index contributed by atoms with van der Waals surface area (Å²) in [4.78, 5) is 4.71. The average molecular weight is 757 g/mol. The molecule has 0 aliphatic rings. The van der Waals surface area contributed by atoms with Crippen LogP contribution in [0.5, 0.6) is 0 Å². The molecule has 7 aromatic carbocycles. The van der Waals surface area contributed by atoms with Crippen LogP contribution >= 0.6 is 0 Å². The molecule has 0 heterocycles. The molecule has 2 nitrogen and oxygen atoms in total. The van der Waals surface area contributed by atoms with E-state index in [2.05, 4.69) is 247 Å². The minimum absolute atomic E-state index is 0.494. The number of hydrogen-bond acceptors (Lipinski definition) is 2. The van der Waals surface area contributed by atoms with Gasteiger partial charge in [0, 0.05) is 34.1 Å². The zero-order valence-corrected chi connectivity index (χ0v) is 35.4. The zero-order valence-electron chi connectivity index (χ0n) is 35.4. The number of aryl methyl sites for hydroxylation is 4. The van der Waals surface area contributed by atoms with Crippen molar-refractivity contribution in [2.75, 3.05) is 9.80 Å². The Balaban J connectivity index is 1.10. The van der Waals surface area contributed by atoms with Gasteiger partial charge in [-0.2, -0.15) is 0 Å². The molecule has 0 atom stereocenters. The third-order valence-corrected chi connectivity index (χ3v) is 11.0. The molecular formula is C56H56N2. The standard InChI is InChI=1S/C56H56N2/c1-39(2)47-22-28-51(29-23-47)57(53-16-9-12-41(5)34-53)55-32-26-49(43(7)36-55)20-18-45-14-11-15-46(38-45)19-21-50-27-33-56(37-44(50)8)58(54-17-10-13-42(6)35-54)52-30-24-48(25-31-52)40(3)4/h9-40H,1-8H3/b20-18+,21-19+. The maximum Gasteiger partial charge on any atom is 0.0464 e. The second-order valence-electron chi connectivity index (χ2n) is 16.3. The van der Waals surface area contributed by atoms with Crippen LogP contribution in [0.3, 0.4) is 0 Å². The van der Waals surface area contributed by atoms with Gasteiger partial charge in [0.2, 0.25) is 0 Å². The summed E-state index contributed by atoms with van der Waals surface area (Å²) in [6, 6.07) is 57.7. The molecule has 0 fully saturated rings. The Morgan fingerprint density at radius 3 is 1.07 bits per heavy atom. The van der Waals surface area contributed by atoms with Crippen molar-refractivity contribution in [2.45, 2.75) is 67.2 Å². The highest BCUT2D eigenvalue weighted by Crippen LogP contribution is 2.38. The van der Waals surface area contributed by atoms with E-state index in [1.54, 1.807) is 0 Å². The van der Waals surface area contributed by atoms with Crippen LogP contribution in [0.2, 0.25) is 0 Å². The van der Waals surface area contributed by atoms with Crippen molar-refractivity contribution in [1.29, 1.82) is 0 Å². The van der Waals surface area contributed by atoms with Crippen LogP contribution in [0.1, 0.15) is 95.2 Å². The molecule has 0 radical (unpaired) electrons. The van der Waals surface area contributed by atoms with Gasteiger partial charge in [-0.1, -0.05) is 131 Å². The van der Waals surface area contributed by atoms with E-state index in [4.69, 9.17) is 0 Å². The fourth-order valence-corrected chi connectivity index (χ4v) is 7.56. The van der Waals surface area contributed by atoms with Crippen molar-refractivity contribution >= 4 is 58.4 Å². The number of benzene rings is 7. The SMILES string of the molecule is Cc1cccc(N(c2ccc(C(C)C)cc2)c2ccc(/C=C/c3cccc(/C=C/c4ccc(N(c5ccc(C(C)C)cc5)c5cccc(C)c5)cc4C)c3)c(C)c2)c1. The molecule has 0 spiro atoms. The van der Waals surface area contributed by atoms with E-state index in [0.29, 0.717) is 11.8 Å². The lowest BCUT2D eigenvalue weighted by Crippen LogP contribution is -2.10. The lowest BCUT2D eigenvalue weighted by molar-refractivity contribution is 0.866. The van der Waals surface area contributed by atoms with Gasteiger partial charge < -0.3 is 9.80 Å². The lowest BCUT2D eigenvalue weighted by Gasteiger charge is -2.27. The number of anilines is 6. The van der Waals surface area contributed by atoms with Crippen LogP contribution in [-0.4, -0.2) is 0 Å². The largest absolute Gasteiger partial charge is 0.310 e. The third kappa shape index (κ3) is 9.41. The van der Waals surface area contributed by atoms with E-state index in [9.17, 15) is 0 Å². The van der Waals surface area contributed by atoms with Crippen LogP contribution in [0.4, 0.5) is 34.1 Å². The van der Waals surface area contributed by atoms with Crippen molar-refractivity contribution in [3.8, 4) is 0 Å². The van der Waals surface area contributed by atoms with Crippen LogP contribution in [-0.2, 0) is 0 Å². The van der Waals surface area contributed by atoms with Gasteiger partial charge in [0.05, 0.1) is 0 Å². The molecule has 0 saturated heterocycles.